The zero-order valence-electron chi connectivity index (χ0n) is 19.2. The molecule has 0 spiro atoms. The zero-order valence-corrected chi connectivity index (χ0v) is 20.0. The molecule has 0 saturated carbocycles. The number of nitrogens with zero attached hydrogens (tertiary/aromatic N) is 3. The fraction of sp³-hybridized carbons (Fsp3) is 0.148. The Balaban J connectivity index is 1.49. The molecule has 1 heterocycles. The van der Waals surface area contributed by atoms with Crippen molar-refractivity contribution in [1.82, 2.24) is 15.2 Å². The number of halogens is 1. The Morgan fingerprint density at radius 3 is 2.57 bits per heavy atom. The van der Waals surface area contributed by atoms with E-state index in [4.69, 9.17) is 26.2 Å². The standard InChI is InChI=1S/C27H25ClN4O3/c1-2-15-34-24-13-11-20(12-14-24)27-21(18-32(31-27)23-8-4-3-5-9-23)17-29-30-26(33)19-35-25-10-6-7-22(28)16-25/h3-14,16-18H,2,15,19H2,1H3,(H,30,33). The number of nitrogens with one attached hydrogen (secondary N) is 1. The van der Waals surface area contributed by atoms with Crippen LogP contribution in [-0.4, -0.2) is 35.1 Å². The Morgan fingerprint density at radius 2 is 1.83 bits per heavy atom. The van der Waals surface area contributed by atoms with Crippen LogP contribution < -0.4 is 14.9 Å². The smallest absolute Gasteiger partial charge is 0.277 e. The number of aromatic nitrogens is 2. The number of ether oxygens (including phenoxy) is 2. The minimum Gasteiger partial charge on any atom is -0.494 e. The van der Waals surface area contributed by atoms with Gasteiger partial charge < -0.3 is 9.47 Å². The van der Waals surface area contributed by atoms with Gasteiger partial charge in [0.2, 0.25) is 0 Å². The molecule has 0 unspecified atom stereocenters. The summed E-state index contributed by atoms with van der Waals surface area (Å²) >= 11 is 5.94. The molecule has 4 aromatic rings. The van der Waals surface area contributed by atoms with Crippen molar-refractivity contribution in [2.75, 3.05) is 13.2 Å². The zero-order chi connectivity index (χ0) is 24.5. The quantitative estimate of drug-likeness (QED) is 0.236. The SMILES string of the molecule is CCCOc1ccc(-c2nn(-c3ccccc3)cc2C=NNC(=O)COc2cccc(Cl)c2)cc1. The molecule has 4 rings (SSSR count). The third-order valence-electron chi connectivity index (χ3n) is 4.92. The lowest BCUT2D eigenvalue weighted by Gasteiger charge is -2.06. The maximum Gasteiger partial charge on any atom is 0.277 e. The average Bonchev–Trinajstić information content (AvgIpc) is 3.31. The summed E-state index contributed by atoms with van der Waals surface area (Å²) in [7, 11) is 0. The van der Waals surface area contributed by atoms with Crippen molar-refractivity contribution in [2.24, 2.45) is 5.10 Å². The van der Waals surface area contributed by atoms with Gasteiger partial charge in [-0.05, 0) is 61.0 Å². The maximum atomic E-state index is 12.2. The number of carbonyl (C=O) groups is 1. The van der Waals surface area contributed by atoms with Crippen LogP contribution in [-0.2, 0) is 4.79 Å². The molecule has 3 aromatic carbocycles. The summed E-state index contributed by atoms with van der Waals surface area (Å²) in [6, 6.07) is 24.4. The predicted molar refractivity (Wildman–Crippen MR) is 137 cm³/mol. The Morgan fingerprint density at radius 1 is 1.03 bits per heavy atom. The molecular formula is C27H25ClN4O3. The third-order valence-corrected chi connectivity index (χ3v) is 5.16. The van der Waals surface area contributed by atoms with Crippen LogP contribution >= 0.6 is 11.6 Å². The molecule has 0 fully saturated rings. The van der Waals surface area contributed by atoms with E-state index in [1.54, 1.807) is 35.2 Å². The summed E-state index contributed by atoms with van der Waals surface area (Å²) in [5, 5.41) is 9.41. The van der Waals surface area contributed by atoms with Crippen molar-refractivity contribution in [3.63, 3.8) is 0 Å². The Kier molecular flexibility index (Phi) is 8.14. The molecule has 178 valence electrons. The Bertz CT molecular complexity index is 1290. The van der Waals surface area contributed by atoms with Crippen molar-refractivity contribution < 1.29 is 14.3 Å². The lowest BCUT2D eigenvalue weighted by molar-refractivity contribution is -0.123. The summed E-state index contributed by atoms with van der Waals surface area (Å²) in [4.78, 5) is 12.2. The molecule has 0 aliphatic heterocycles. The Hall–Kier alpha value is -4.10. The van der Waals surface area contributed by atoms with E-state index in [9.17, 15) is 4.79 Å². The lowest BCUT2D eigenvalue weighted by atomic mass is 10.1. The first-order valence-electron chi connectivity index (χ1n) is 11.2. The summed E-state index contributed by atoms with van der Waals surface area (Å²) in [6.07, 6.45) is 4.38. The van der Waals surface area contributed by atoms with E-state index in [1.165, 1.54) is 0 Å². The highest BCUT2D eigenvalue weighted by molar-refractivity contribution is 6.30. The van der Waals surface area contributed by atoms with E-state index in [0.29, 0.717) is 17.4 Å². The molecule has 35 heavy (non-hydrogen) atoms. The number of carbonyl (C=O) groups excluding carboxylic acids is 1. The van der Waals surface area contributed by atoms with E-state index < -0.39 is 5.91 Å². The summed E-state index contributed by atoms with van der Waals surface area (Å²) < 4.78 is 12.9. The van der Waals surface area contributed by atoms with Gasteiger partial charge in [-0.3, -0.25) is 4.79 Å². The molecule has 0 saturated heterocycles. The molecule has 7 nitrogen and oxygen atoms in total. The van der Waals surface area contributed by atoms with E-state index in [0.717, 1.165) is 34.7 Å². The van der Waals surface area contributed by atoms with Crippen molar-refractivity contribution in [3.8, 4) is 28.4 Å². The number of benzene rings is 3. The van der Waals surface area contributed by atoms with E-state index in [-0.39, 0.29) is 6.61 Å². The summed E-state index contributed by atoms with van der Waals surface area (Å²) in [5.74, 6) is 0.922. The number of hydrogen-bond acceptors (Lipinski definition) is 5. The van der Waals surface area contributed by atoms with Gasteiger partial charge in [-0.1, -0.05) is 42.8 Å². The lowest BCUT2D eigenvalue weighted by Crippen LogP contribution is -2.24. The van der Waals surface area contributed by atoms with Gasteiger partial charge in [0.15, 0.2) is 6.61 Å². The average molecular weight is 489 g/mol. The molecule has 8 heteroatoms. The third kappa shape index (κ3) is 6.71. The maximum absolute atomic E-state index is 12.2. The molecule has 0 aliphatic rings. The molecular weight excluding hydrogens is 464 g/mol. The second-order valence-electron chi connectivity index (χ2n) is 7.63. The minimum atomic E-state index is -0.393. The fourth-order valence-corrected chi connectivity index (χ4v) is 3.44. The highest BCUT2D eigenvalue weighted by Gasteiger charge is 2.12. The van der Waals surface area contributed by atoms with Crippen LogP contribution in [0.5, 0.6) is 11.5 Å². The van der Waals surface area contributed by atoms with Gasteiger partial charge in [-0.15, -0.1) is 0 Å². The van der Waals surface area contributed by atoms with Crippen molar-refractivity contribution in [1.29, 1.82) is 0 Å². The number of para-hydroxylation sites is 1. The van der Waals surface area contributed by atoms with Gasteiger partial charge >= 0.3 is 0 Å². The van der Waals surface area contributed by atoms with Crippen LogP contribution in [0.1, 0.15) is 18.9 Å². The van der Waals surface area contributed by atoms with Gasteiger partial charge in [0, 0.05) is 22.3 Å². The van der Waals surface area contributed by atoms with Crippen LogP contribution in [0.25, 0.3) is 16.9 Å². The van der Waals surface area contributed by atoms with Gasteiger partial charge in [-0.25, -0.2) is 10.1 Å². The van der Waals surface area contributed by atoms with Crippen LogP contribution in [0.2, 0.25) is 5.02 Å². The van der Waals surface area contributed by atoms with Crippen LogP contribution in [0.3, 0.4) is 0 Å². The first-order valence-corrected chi connectivity index (χ1v) is 11.6. The van der Waals surface area contributed by atoms with Gasteiger partial charge in [-0.2, -0.15) is 10.2 Å². The second kappa shape index (κ2) is 11.9. The molecule has 0 aliphatic carbocycles. The van der Waals surface area contributed by atoms with Crippen molar-refractivity contribution in [3.05, 3.63) is 95.6 Å². The van der Waals surface area contributed by atoms with Crippen LogP contribution in [0.4, 0.5) is 0 Å². The molecule has 1 aromatic heterocycles. The van der Waals surface area contributed by atoms with E-state index in [2.05, 4.69) is 17.5 Å². The summed E-state index contributed by atoms with van der Waals surface area (Å²) in [6.45, 7) is 2.55. The number of amides is 1. The van der Waals surface area contributed by atoms with Gasteiger partial charge in [0.1, 0.15) is 17.2 Å². The highest BCUT2D eigenvalue weighted by Crippen LogP contribution is 2.25. The predicted octanol–water partition coefficient (Wildman–Crippen LogP) is 5.51. The highest BCUT2D eigenvalue weighted by atomic mass is 35.5. The normalized spacial score (nSPS) is 10.9. The molecule has 1 N–H and O–H groups in total. The molecule has 1 amide bonds. The molecule has 0 radical (unpaired) electrons. The van der Waals surface area contributed by atoms with Gasteiger partial charge in [0.05, 0.1) is 18.5 Å². The van der Waals surface area contributed by atoms with Crippen LogP contribution in [0.15, 0.2) is 90.2 Å². The second-order valence-corrected chi connectivity index (χ2v) is 8.06. The fourth-order valence-electron chi connectivity index (χ4n) is 3.26. The van der Waals surface area contributed by atoms with E-state index >= 15 is 0 Å². The van der Waals surface area contributed by atoms with Gasteiger partial charge in [0.25, 0.3) is 5.91 Å². The van der Waals surface area contributed by atoms with Crippen LogP contribution in [0, 0.1) is 0 Å². The van der Waals surface area contributed by atoms with E-state index in [1.807, 2.05) is 60.8 Å². The summed E-state index contributed by atoms with van der Waals surface area (Å²) in [5.41, 5.74) is 5.78. The van der Waals surface area contributed by atoms with Crippen molar-refractivity contribution >= 4 is 23.7 Å². The first kappa shape index (κ1) is 24.0. The molecule has 0 atom stereocenters. The minimum absolute atomic E-state index is 0.187. The van der Waals surface area contributed by atoms with Crippen molar-refractivity contribution in [2.45, 2.75) is 13.3 Å². The molecule has 0 bridgehead atoms. The number of hydrogen-bond donors (Lipinski definition) is 1. The number of rotatable bonds is 10. The topological polar surface area (TPSA) is 77.7 Å². The monoisotopic (exact) mass is 488 g/mol. The number of hydrazone groups is 1. The largest absolute Gasteiger partial charge is 0.494 e. The first-order chi connectivity index (χ1) is 17.1. The Labute approximate surface area is 209 Å².